The molecule has 7 nitrogen and oxygen atoms in total. The van der Waals surface area contributed by atoms with E-state index in [9.17, 15) is 4.79 Å². The Morgan fingerprint density at radius 1 is 1.17 bits per heavy atom. The topological polar surface area (TPSA) is 96.5 Å². The summed E-state index contributed by atoms with van der Waals surface area (Å²) in [6.07, 6.45) is 10.0. The first kappa shape index (κ1) is 24.7. The van der Waals surface area contributed by atoms with E-state index >= 15 is 0 Å². The van der Waals surface area contributed by atoms with Crippen LogP contribution in [0, 0.1) is 24.2 Å². The average molecular weight is 471 g/mol. The van der Waals surface area contributed by atoms with Crippen molar-refractivity contribution in [2.24, 2.45) is 5.92 Å². The Balaban J connectivity index is 1.42. The van der Waals surface area contributed by atoms with Crippen molar-refractivity contribution in [1.29, 1.82) is 5.26 Å². The molecule has 1 N–H and O–H groups in total. The minimum atomic E-state index is -0.284. The van der Waals surface area contributed by atoms with Crippen LogP contribution in [0.3, 0.4) is 0 Å². The summed E-state index contributed by atoms with van der Waals surface area (Å²) in [7, 11) is 0. The molecular weight excluding hydrogens is 436 g/mol. The third kappa shape index (κ3) is 6.20. The van der Waals surface area contributed by atoms with Gasteiger partial charge in [0.15, 0.2) is 5.78 Å². The lowest BCUT2D eigenvalue weighted by molar-refractivity contribution is 0.0973. The van der Waals surface area contributed by atoms with Crippen molar-refractivity contribution in [2.45, 2.75) is 77.9 Å². The molecular formula is C28H34N6O. The quantitative estimate of drug-likeness (QED) is 0.472. The Morgan fingerprint density at radius 3 is 2.57 bits per heavy atom. The molecule has 3 heterocycles. The molecule has 2 aromatic heterocycles. The molecule has 1 fully saturated rings. The Morgan fingerprint density at radius 2 is 1.89 bits per heavy atom. The third-order valence-corrected chi connectivity index (χ3v) is 6.70. The number of aromatic nitrogens is 4. The van der Waals surface area contributed by atoms with Gasteiger partial charge in [-0.05, 0) is 58.1 Å². The highest BCUT2D eigenvalue weighted by atomic mass is 16.1. The van der Waals surface area contributed by atoms with Gasteiger partial charge in [0.1, 0.15) is 5.82 Å². The van der Waals surface area contributed by atoms with Crippen LogP contribution < -0.4 is 5.32 Å². The monoisotopic (exact) mass is 470 g/mol. The highest BCUT2D eigenvalue weighted by Gasteiger charge is 2.25. The van der Waals surface area contributed by atoms with Gasteiger partial charge < -0.3 is 5.32 Å². The molecule has 0 aliphatic carbocycles. The average Bonchev–Trinajstić information content (AvgIpc) is 3.32. The van der Waals surface area contributed by atoms with Gasteiger partial charge in [-0.1, -0.05) is 24.3 Å². The van der Waals surface area contributed by atoms with Gasteiger partial charge in [-0.3, -0.25) is 9.48 Å². The standard InChI is InChI=1S/C28H34N6O/c1-18(14-29)11-26(35)23-6-8-24(9-7-23)28-19(2)15-30-27(33-28)10-5-22-16-31-34(17-22)25-12-20(3)32-21(4)13-25/h6-9,15-18,20-21,25,32H,5,10-13H2,1-4H3/t18-,20-,21-/m1/s1. The lowest BCUT2D eigenvalue weighted by Gasteiger charge is -2.33. The van der Waals surface area contributed by atoms with Crippen LogP contribution in [0.2, 0.25) is 0 Å². The van der Waals surface area contributed by atoms with Crippen molar-refractivity contribution in [3.63, 3.8) is 0 Å². The molecule has 0 saturated carbocycles. The number of ketones is 1. The predicted octanol–water partition coefficient (Wildman–Crippen LogP) is 4.87. The first-order chi connectivity index (χ1) is 16.8. The van der Waals surface area contributed by atoms with E-state index in [1.165, 1.54) is 5.56 Å². The minimum Gasteiger partial charge on any atom is -0.312 e. The second-order valence-electron chi connectivity index (χ2n) is 9.98. The molecule has 0 bridgehead atoms. The number of nitrogens with one attached hydrogen (secondary N) is 1. The summed E-state index contributed by atoms with van der Waals surface area (Å²) in [5, 5.41) is 17.2. The van der Waals surface area contributed by atoms with E-state index in [2.05, 4.69) is 46.2 Å². The number of benzene rings is 1. The summed E-state index contributed by atoms with van der Waals surface area (Å²) in [5.41, 5.74) is 4.65. The SMILES string of the molecule is Cc1cnc(CCc2cnn(C3C[C@@H](C)N[C@H](C)C3)c2)nc1-c1ccc(C(=O)C[C@@H](C)C#N)cc1. The summed E-state index contributed by atoms with van der Waals surface area (Å²) >= 11 is 0. The minimum absolute atomic E-state index is 0.0142. The van der Waals surface area contributed by atoms with Crippen LogP contribution >= 0.6 is 0 Å². The Labute approximate surface area is 207 Å². The van der Waals surface area contributed by atoms with Gasteiger partial charge in [0, 0.05) is 48.4 Å². The van der Waals surface area contributed by atoms with E-state index < -0.39 is 0 Å². The van der Waals surface area contributed by atoms with E-state index in [1.54, 1.807) is 6.92 Å². The van der Waals surface area contributed by atoms with Gasteiger partial charge in [-0.15, -0.1) is 0 Å². The van der Waals surface area contributed by atoms with Gasteiger partial charge in [0.05, 0.1) is 29.9 Å². The molecule has 0 unspecified atom stereocenters. The van der Waals surface area contributed by atoms with Gasteiger partial charge >= 0.3 is 0 Å². The second kappa shape index (κ2) is 10.9. The van der Waals surface area contributed by atoms with Gasteiger partial charge in [-0.2, -0.15) is 10.4 Å². The predicted molar refractivity (Wildman–Crippen MR) is 136 cm³/mol. The highest BCUT2D eigenvalue weighted by Crippen LogP contribution is 2.25. The lowest BCUT2D eigenvalue weighted by atomic mass is 9.95. The summed E-state index contributed by atoms with van der Waals surface area (Å²) in [6, 6.07) is 11.1. The molecule has 1 aromatic carbocycles. The number of piperidine rings is 1. The Bertz CT molecular complexity index is 1200. The molecule has 1 saturated heterocycles. The lowest BCUT2D eigenvalue weighted by Crippen LogP contribution is -2.43. The van der Waals surface area contributed by atoms with Crippen LogP contribution in [-0.2, 0) is 12.8 Å². The van der Waals surface area contributed by atoms with Crippen LogP contribution in [0.4, 0.5) is 0 Å². The normalized spacial score (nSPS) is 20.8. The van der Waals surface area contributed by atoms with Crippen LogP contribution in [0.15, 0.2) is 42.9 Å². The maximum atomic E-state index is 12.4. The fourth-order valence-corrected chi connectivity index (χ4v) is 4.86. The van der Waals surface area contributed by atoms with Crippen molar-refractivity contribution < 1.29 is 4.79 Å². The zero-order valence-corrected chi connectivity index (χ0v) is 21.0. The third-order valence-electron chi connectivity index (χ3n) is 6.70. The molecule has 3 aromatic rings. The summed E-state index contributed by atoms with van der Waals surface area (Å²) in [4.78, 5) is 21.7. The molecule has 182 valence electrons. The van der Waals surface area contributed by atoms with Crippen molar-refractivity contribution in [2.75, 3.05) is 0 Å². The van der Waals surface area contributed by atoms with E-state index in [0.29, 0.717) is 23.7 Å². The van der Waals surface area contributed by atoms with Crippen molar-refractivity contribution in [3.05, 3.63) is 65.4 Å². The number of hydrogen-bond donors (Lipinski definition) is 1. The van der Waals surface area contributed by atoms with Crippen molar-refractivity contribution in [1.82, 2.24) is 25.1 Å². The maximum absolute atomic E-state index is 12.4. The molecule has 4 rings (SSSR count). The first-order valence-corrected chi connectivity index (χ1v) is 12.5. The van der Waals surface area contributed by atoms with Gasteiger partial charge in [0.25, 0.3) is 0 Å². The molecule has 0 amide bonds. The zero-order valence-electron chi connectivity index (χ0n) is 21.0. The summed E-state index contributed by atoms with van der Waals surface area (Å²) < 4.78 is 2.13. The van der Waals surface area contributed by atoms with Crippen LogP contribution in [0.1, 0.15) is 73.4 Å². The molecule has 0 radical (unpaired) electrons. The molecule has 0 spiro atoms. The van der Waals surface area contributed by atoms with Crippen molar-refractivity contribution in [3.8, 4) is 17.3 Å². The number of rotatable bonds is 8. The summed E-state index contributed by atoms with van der Waals surface area (Å²) in [6.45, 7) is 8.23. The number of carbonyl (C=O) groups excluding carboxylic acids is 1. The number of hydrogen-bond acceptors (Lipinski definition) is 6. The Kier molecular flexibility index (Phi) is 7.72. The van der Waals surface area contributed by atoms with E-state index in [1.807, 2.05) is 43.6 Å². The number of nitriles is 1. The van der Waals surface area contributed by atoms with E-state index in [0.717, 1.165) is 48.3 Å². The Hall–Kier alpha value is -3.37. The molecule has 3 atom stereocenters. The van der Waals surface area contributed by atoms with E-state index in [-0.39, 0.29) is 18.1 Å². The fourth-order valence-electron chi connectivity index (χ4n) is 4.86. The molecule has 35 heavy (non-hydrogen) atoms. The number of carbonyl (C=O) groups is 1. The van der Waals surface area contributed by atoms with Crippen LogP contribution in [-0.4, -0.2) is 37.6 Å². The number of aryl methyl sites for hydroxylation is 3. The molecule has 7 heteroatoms. The highest BCUT2D eigenvalue weighted by molar-refractivity contribution is 5.96. The van der Waals surface area contributed by atoms with Crippen molar-refractivity contribution >= 4 is 5.78 Å². The number of Topliss-reactive ketones (excluding diaryl/α,β-unsaturated/α-hetero) is 1. The fraction of sp³-hybridized carbons (Fsp3) is 0.464. The first-order valence-electron chi connectivity index (χ1n) is 12.5. The van der Waals surface area contributed by atoms with Gasteiger partial charge in [-0.25, -0.2) is 9.97 Å². The summed E-state index contributed by atoms with van der Waals surface area (Å²) in [5.74, 6) is 0.498. The number of nitrogens with zero attached hydrogens (tertiary/aromatic N) is 5. The largest absolute Gasteiger partial charge is 0.312 e. The van der Waals surface area contributed by atoms with Gasteiger partial charge in [0.2, 0.25) is 0 Å². The second-order valence-corrected chi connectivity index (χ2v) is 9.98. The maximum Gasteiger partial charge on any atom is 0.164 e. The molecule has 1 aliphatic heterocycles. The van der Waals surface area contributed by atoms with Crippen LogP contribution in [0.25, 0.3) is 11.3 Å². The van der Waals surface area contributed by atoms with Crippen LogP contribution in [0.5, 0.6) is 0 Å². The molecule has 1 aliphatic rings. The van der Waals surface area contributed by atoms with E-state index in [4.69, 9.17) is 10.2 Å². The smallest absolute Gasteiger partial charge is 0.164 e. The zero-order chi connectivity index (χ0) is 24.9.